The van der Waals surface area contributed by atoms with Crippen molar-refractivity contribution in [2.75, 3.05) is 6.61 Å². The van der Waals surface area contributed by atoms with E-state index in [2.05, 4.69) is 21.2 Å². The number of hydrogen-bond donors (Lipinski definition) is 2. The Hall–Kier alpha value is -2.77. The zero-order valence-corrected chi connectivity index (χ0v) is 24.5. The largest absolute Gasteiger partial charge is 0.503 e. The van der Waals surface area contributed by atoms with Gasteiger partial charge in [0.15, 0.2) is 17.3 Å². The first-order valence-electron chi connectivity index (χ1n) is 13.6. The van der Waals surface area contributed by atoms with E-state index < -0.39 is 11.9 Å². The maximum absolute atomic E-state index is 13.9. The van der Waals surface area contributed by atoms with Crippen LogP contribution in [-0.4, -0.2) is 29.6 Å². The fourth-order valence-corrected chi connectivity index (χ4v) is 6.62. The minimum absolute atomic E-state index is 0.00394. The number of halogens is 2. The Bertz CT molecular complexity index is 1340. The summed E-state index contributed by atoms with van der Waals surface area (Å²) in [5, 5.41) is 14.6. The van der Waals surface area contributed by atoms with Crippen molar-refractivity contribution in [1.82, 2.24) is 5.32 Å². The smallest absolute Gasteiger partial charge is 0.337 e. The third kappa shape index (κ3) is 5.75. The Kier molecular flexibility index (Phi) is 8.38. The van der Waals surface area contributed by atoms with Gasteiger partial charge in [-0.1, -0.05) is 30.2 Å². The monoisotopic (exact) mass is 613 g/mol. The number of allylic oxidation sites excluding steroid dienone is 3. The fourth-order valence-electron chi connectivity index (χ4n) is 6.04. The lowest BCUT2D eigenvalue weighted by Gasteiger charge is -2.37. The number of nitrogens with one attached hydrogen (secondary N) is 1. The van der Waals surface area contributed by atoms with E-state index in [1.54, 1.807) is 12.1 Å². The van der Waals surface area contributed by atoms with Gasteiger partial charge >= 0.3 is 5.97 Å². The normalized spacial score (nSPS) is 21.9. The van der Waals surface area contributed by atoms with Crippen molar-refractivity contribution >= 4 is 39.3 Å². The van der Waals surface area contributed by atoms with Gasteiger partial charge in [-0.2, -0.15) is 0 Å². The molecule has 3 aliphatic rings. The second-order valence-corrected chi connectivity index (χ2v) is 11.8. The van der Waals surface area contributed by atoms with Gasteiger partial charge in [0, 0.05) is 34.3 Å². The van der Waals surface area contributed by atoms with Crippen molar-refractivity contribution < 1.29 is 24.2 Å². The lowest BCUT2D eigenvalue weighted by molar-refractivity contribution is -0.146. The van der Waals surface area contributed by atoms with Crippen LogP contribution in [0, 0.1) is 0 Å². The van der Waals surface area contributed by atoms with Crippen LogP contribution in [0.3, 0.4) is 0 Å². The van der Waals surface area contributed by atoms with Gasteiger partial charge in [0.25, 0.3) is 0 Å². The number of Topliss-reactive ketones (excluding diaryl/α,β-unsaturated/α-hetero) is 1. The standard InChI is InChI=1S/C31H33BrClNO5/c1-3-38-26-16-20(13-23(32)30(26)36)28-27(31(37)39-22-7-5-4-6-8-22)17(2)34-24-14-19(15-25(35)29(24)28)18-9-11-21(33)12-10-18/h9-13,16,19,22,28,34,36H,3-8,14-15H2,1-2H3. The zero-order chi connectivity index (χ0) is 27.7. The number of carbonyl (C=O) groups is 2. The maximum Gasteiger partial charge on any atom is 0.337 e. The Labute approximate surface area is 242 Å². The number of benzene rings is 2. The Morgan fingerprint density at radius 1 is 1.10 bits per heavy atom. The molecule has 5 rings (SSSR count). The summed E-state index contributed by atoms with van der Waals surface area (Å²) in [7, 11) is 0. The third-order valence-electron chi connectivity index (χ3n) is 7.90. The number of phenols is 1. The molecule has 2 N–H and O–H groups in total. The molecule has 0 amide bonds. The van der Waals surface area contributed by atoms with Gasteiger partial charge in [-0.25, -0.2) is 4.79 Å². The SMILES string of the molecule is CCOc1cc(C2C(C(=O)OC3CCCCC3)=C(C)NC3=C2C(=O)CC(c2ccc(Cl)cc2)C3)cc(Br)c1O. The molecule has 8 heteroatoms. The predicted octanol–water partition coefficient (Wildman–Crippen LogP) is 7.44. The van der Waals surface area contributed by atoms with Gasteiger partial charge in [0.05, 0.1) is 16.7 Å². The van der Waals surface area contributed by atoms with E-state index in [0.717, 1.165) is 43.4 Å². The first-order valence-corrected chi connectivity index (χ1v) is 14.8. The first kappa shape index (κ1) is 27.8. The second kappa shape index (κ2) is 11.8. The lowest BCUT2D eigenvalue weighted by Crippen LogP contribution is -2.37. The highest BCUT2D eigenvalue weighted by Crippen LogP contribution is 2.48. The molecule has 0 saturated heterocycles. The van der Waals surface area contributed by atoms with Crippen LogP contribution < -0.4 is 10.1 Å². The fraction of sp³-hybridized carbons (Fsp3) is 0.419. The number of phenolic OH excluding ortho intramolecular Hbond substituents is 1. The topological polar surface area (TPSA) is 84.9 Å². The number of hydrogen-bond acceptors (Lipinski definition) is 6. The van der Waals surface area contributed by atoms with E-state index in [-0.39, 0.29) is 23.6 Å². The van der Waals surface area contributed by atoms with Crippen molar-refractivity contribution in [3.05, 3.63) is 79.6 Å². The van der Waals surface area contributed by atoms with Crippen LogP contribution in [0.1, 0.15) is 81.8 Å². The van der Waals surface area contributed by atoms with Crippen molar-refractivity contribution in [2.24, 2.45) is 0 Å². The summed E-state index contributed by atoms with van der Waals surface area (Å²) in [6.07, 6.45) is 5.76. The highest BCUT2D eigenvalue weighted by Gasteiger charge is 2.42. The number of dihydropyridines is 1. The third-order valence-corrected chi connectivity index (χ3v) is 8.76. The van der Waals surface area contributed by atoms with Gasteiger partial charge in [-0.05, 0) is 103 Å². The molecule has 6 nitrogen and oxygen atoms in total. The highest BCUT2D eigenvalue weighted by atomic mass is 79.9. The summed E-state index contributed by atoms with van der Waals surface area (Å²) in [6, 6.07) is 11.1. The number of ether oxygens (including phenoxy) is 2. The van der Waals surface area contributed by atoms with Crippen LogP contribution >= 0.6 is 27.5 Å². The van der Waals surface area contributed by atoms with Gasteiger partial charge < -0.3 is 19.9 Å². The van der Waals surface area contributed by atoms with Gasteiger partial charge in [-0.15, -0.1) is 0 Å². The van der Waals surface area contributed by atoms with Gasteiger partial charge in [0.2, 0.25) is 0 Å². The summed E-state index contributed by atoms with van der Waals surface area (Å²) in [5.74, 6) is -0.802. The highest BCUT2D eigenvalue weighted by molar-refractivity contribution is 9.10. The molecule has 0 bridgehead atoms. The molecule has 1 heterocycles. The number of aromatic hydroxyl groups is 1. The van der Waals surface area contributed by atoms with Crippen LogP contribution in [0.5, 0.6) is 11.5 Å². The summed E-state index contributed by atoms with van der Waals surface area (Å²) in [6.45, 7) is 4.06. The van der Waals surface area contributed by atoms with E-state index in [1.165, 1.54) is 0 Å². The van der Waals surface area contributed by atoms with E-state index >= 15 is 0 Å². The summed E-state index contributed by atoms with van der Waals surface area (Å²) >= 11 is 9.54. The first-order chi connectivity index (χ1) is 18.8. The second-order valence-electron chi connectivity index (χ2n) is 10.5. The van der Waals surface area contributed by atoms with Crippen LogP contribution in [0.25, 0.3) is 0 Å². The molecular weight excluding hydrogens is 582 g/mol. The molecule has 2 aliphatic carbocycles. The minimum Gasteiger partial charge on any atom is -0.503 e. The van der Waals surface area contributed by atoms with Crippen molar-refractivity contribution in [3.8, 4) is 11.5 Å². The molecule has 1 aliphatic heterocycles. The molecule has 0 aromatic heterocycles. The van der Waals surface area contributed by atoms with E-state index in [9.17, 15) is 14.7 Å². The quantitative estimate of drug-likeness (QED) is 0.329. The molecule has 1 saturated carbocycles. The molecule has 0 radical (unpaired) electrons. The van der Waals surface area contributed by atoms with Crippen molar-refractivity contribution in [1.29, 1.82) is 0 Å². The summed E-state index contributed by atoms with van der Waals surface area (Å²) < 4.78 is 12.2. The number of carbonyl (C=O) groups excluding carboxylic acids is 2. The molecular formula is C31H33BrClNO5. The van der Waals surface area contributed by atoms with Crippen molar-refractivity contribution in [2.45, 2.75) is 76.7 Å². The predicted molar refractivity (Wildman–Crippen MR) is 154 cm³/mol. The van der Waals surface area contributed by atoms with Crippen LogP contribution in [0.15, 0.2) is 63.4 Å². The van der Waals surface area contributed by atoms with Crippen LogP contribution in [0.4, 0.5) is 0 Å². The molecule has 39 heavy (non-hydrogen) atoms. The Morgan fingerprint density at radius 3 is 2.51 bits per heavy atom. The Morgan fingerprint density at radius 2 is 1.82 bits per heavy atom. The Balaban J connectivity index is 1.58. The lowest BCUT2D eigenvalue weighted by atomic mass is 9.71. The molecule has 206 valence electrons. The van der Waals surface area contributed by atoms with Crippen molar-refractivity contribution in [3.63, 3.8) is 0 Å². The summed E-state index contributed by atoms with van der Waals surface area (Å²) in [5.41, 5.74) is 4.22. The maximum atomic E-state index is 13.9. The average Bonchev–Trinajstić information content (AvgIpc) is 2.91. The van der Waals surface area contributed by atoms with Gasteiger partial charge in [-0.3, -0.25) is 4.79 Å². The minimum atomic E-state index is -0.646. The van der Waals surface area contributed by atoms with Gasteiger partial charge in [0.1, 0.15) is 6.10 Å². The average molecular weight is 615 g/mol. The zero-order valence-electron chi connectivity index (χ0n) is 22.2. The molecule has 2 atom stereocenters. The molecule has 1 fully saturated rings. The number of rotatable bonds is 6. The van der Waals surface area contributed by atoms with E-state index in [0.29, 0.717) is 57.1 Å². The number of ketones is 1. The van der Waals surface area contributed by atoms with Crippen LogP contribution in [0.2, 0.25) is 5.02 Å². The molecule has 2 aromatic carbocycles. The molecule has 0 spiro atoms. The molecule has 2 aromatic rings. The number of esters is 1. The molecule has 2 unspecified atom stereocenters. The van der Waals surface area contributed by atoms with E-state index in [4.69, 9.17) is 21.1 Å². The van der Waals surface area contributed by atoms with Crippen LogP contribution in [-0.2, 0) is 14.3 Å². The van der Waals surface area contributed by atoms with E-state index in [1.807, 2.05) is 38.1 Å². The summed E-state index contributed by atoms with van der Waals surface area (Å²) in [4.78, 5) is 27.7.